The first-order valence-corrected chi connectivity index (χ1v) is 5.49. The van der Waals surface area contributed by atoms with Gasteiger partial charge < -0.3 is 10.1 Å². The summed E-state index contributed by atoms with van der Waals surface area (Å²) in [4.78, 5) is 11.2. The van der Waals surface area contributed by atoms with Gasteiger partial charge >= 0.3 is 5.97 Å². The van der Waals surface area contributed by atoms with Gasteiger partial charge in [0.25, 0.3) is 0 Å². The summed E-state index contributed by atoms with van der Waals surface area (Å²) in [5, 5.41) is 3.37. The molecule has 0 saturated carbocycles. The van der Waals surface area contributed by atoms with Crippen LogP contribution in [0, 0.1) is 5.92 Å². The first kappa shape index (κ1) is 12.6. The Morgan fingerprint density at radius 3 is 2.19 bits per heavy atom. The molecule has 0 aliphatic heterocycles. The Kier molecular flexibility index (Phi) is 4.35. The van der Waals surface area contributed by atoms with Crippen LogP contribution in [0.15, 0.2) is 24.3 Å². The highest BCUT2D eigenvalue weighted by molar-refractivity contribution is 5.89. The lowest BCUT2D eigenvalue weighted by molar-refractivity contribution is 0.0601. The Labute approximate surface area is 96.8 Å². The first-order chi connectivity index (χ1) is 7.54. The van der Waals surface area contributed by atoms with Gasteiger partial charge in [0, 0.05) is 11.7 Å². The molecule has 0 spiro atoms. The predicted octanol–water partition coefficient (Wildman–Crippen LogP) is 2.93. The molecule has 1 unspecified atom stereocenters. The van der Waals surface area contributed by atoms with Crippen LogP contribution in [0.3, 0.4) is 0 Å². The minimum Gasteiger partial charge on any atom is -0.465 e. The van der Waals surface area contributed by atoms with Crippen molar-refractivity contribution >= 4 is 11.7 Å². The summed E-state index contributed by atoms with van der Waals surface area (Å²) in [7, 11) is 1.38. The van der Waals surface area contributed by atoms with E-state index in [0.29, 0.717) is 17.5 Å². The van der Waals surface area contributed by atoms with Crippen molar-refractivity contribution in [3.8, 4) is 0 Å². The Balaban J connectivity index is 2.68. The summed E-state index contributed by atoms with van der Waals surface area (Å²) in [6, 6.07) is 7.72. The summed E-state index contributed by atoms with van der Waals surface area (Å²) in [6.45, 7) is 6.47. The van der Waals surface area contributed by atoms with Gasteiger partial charge in [0.05, 0.1) is 12.7 Å². The second kappa shape index (κ2) is 5.54. The molecule has 0 aliphatic carbocycles. The van der Waals surface area contributed by atoms with Gasteiger partial charge in [-0.1, -0.05) is 13.8 Å². The van der Waals surface area contributed by atoms with E-state index in [4.69, 9.17) is 0 Å². The van der Waals surface area contributed by atoms with Crippen molar-refractivity contribution in [3.05, 3.63) is 29.8 Å². The van der Waals surface area contributed by atoms with E-state index in [0.717, 1.165) is 5.69 Å². The van der Waals surface area contributed by atoms with Crippen LogP contribution in [-0.4, -0.2) is 19.1 Å². The van der Waals surface area contributed by atoms with Crippen molar-refractivity contribution in [2.75, 3.05) is 12.4 Å². The van der Waals surface area contributed by atoms with Crippen LogP contribution in [0.2, 0.25) is 0 Å². The highest BCUT2D eigenvalue weighted by Gasteiger charge is 2.08. The van der Waals surface area contributed by atoms with E-state index in [1.165, 1.54) is 7.11 Å². The van der Waals surface area contributed by atoms with Crippen LogP contribution < -0.4 is 5.32 Å². The maximum absolute atomic E-state index is 11.2. The number of hydrogen-bond donors (Lipinski definition) is 1. The third kappa shape index (κ3) is 3.26. The molecule has 1 N–H and O–H groups in total. The lowest BCUT2D eigenvalue weighted by atomic mass is 10.1. The third-order valence-corrected chi connectivity index (χ3v) is 2.70. The first-order valence-electron chi connectivity index (χ1n) is 5.49. The van der Waals surface area contributed by atoms with E-state index in [2.05, 4.69) is 30.8 Å². The third-order valence-electron chi connectivity index (χ3n) is 2.70. The molecule has 1 aromatic rings. The Morgan fingerprint density at radius 1 is 1.19 bits per heavy atom. The van der Waals surface area contributed by atoms with Crippen molar-refractivity contribution < 1.29 is 9.53 Å². The van der Waals surface area contributed by atoms with E-state index in [1.54, 1.807) is 12.1 Å². The maximum atomic E-state index is 11.2. The lowest BCUT2D eigenvalue weighted by Crippen LogP contribution is -2.21. The number of methoxy groups -OCH3 is 1. The lowest BCUT2D eigenvalue weighted by Gasteiger charge is -2.18. The van der Waals surface area contributed by atoms with Gasteiger partial charge in [-0.05, 0) is 37.1 Å². The molecule has 16 heavy (non-hydrogen) atoms. The number of nitrogens with one attached hydrogen (secondary N) is 1. The second-order valence-corrected chi connectivity index (χ2v) is 4.25. The molecular formula is C13H19NO2. The molecule has 0 bridgehead atoms. The number of ether oxygens (including phenoxy) is 1. The molecule has 0 fully saturated rings. The van der Waals surface area contributed by atoms with Gasteiger partial charge in [0.2, 0.25) is 0 Å². The number of benzene rings is 1. The zero-order valence-corrected chi connectivity index (χ0v) is 10.3. The molecule has 1 atom stereocenters. The van der Waals surface area contributed by atoms with Crippen LogP contribution in [0.5, 0.6) is 0 Å². The molecule has 0 heterocycles. The van der Waals surface area contributed by atoms with Gasteiger partial charge in [0.1, 0.15) is 0 Å². The highest BCUT2D eigenvalue weighted by atomic mass is 16.5. The normalized spacial score (nSPS) is 12.3. The van der Waals surface area contributed by atoms with Crippen molar-refractivity contribution in [1.29, 1.82) is 0 Å². The second-order valence-electron chi connectivity index (χ2n) is 4.25. The van der Waals surface area contributed by atoms with Crippen molar-refractivity contribution in [2.45, 2.75) is 26.8 Å². The Hall–Kier alpha value is -1.51. The number of hydrogen-bond acceptors (Lipinski definition) is 3. The minimum atomic E-state index is -0.302. The van der Waals surface area contributed by atoms with E-state index < -0.39 is 0 Å². The van der Waals surface area contributed by atoms with Crippen LogP contribution in [-0.2, 0) is 4.74 Å². The van der Waals surface area contributed by atoms with E-state index in [9.17, 15) is 4.79 Å². The molecule has 1 rings (SSSR count). The van der Waals surface area contributed by atoms with Crippen LogP contribution in [0.4, 0.5) is 5.69 Å². The van der Waals surface area contributed by atoms with Gasteiger partial charge in [-0.15, -0.1) is 0 Å². The number of anilines is 1. The van der Waals surface area contributed by atoms with Gasteiger partial charge in [-0.25, -0.2) is 4.79 Å². The van der Waals surface area contributed by atoms with Crippen LogP contribution in [0.25, 0.3) is 0 Å². The molecule has 88 valence electrons. The molecule has 0 amide bonds. The largest absolute Gasteiger partial charge is 0.465 e. The minimum absolute atomic E-state index is 0.302. The highest BCUT2D eigenvalue weighted by Crippen LogP contribution is 2.14. The van der Waals surface area contributed by atoms with Crippen LogP contribution in [0.1, 0.15) is 31.1 Å². The Bertz CT molecular complexity index is 343. The molecule has 0 aliphatic rings. The van der Waals surface area contributed by atoms with Crippen molar-refractivity contribution in [2.24, 2.45) is 5.92 Å². The maximum Gasteiger partial charge on any atom is 0.337 e. The average molecular weight is 221 g/mol. The quantitative estimate of drug-likeness (QED) is 0.794. The smallest absolute Gasteiger partial charge is 0.337 e. The predicted molar refractivity (Wildman–Crippen MR) is 65.7 cm³/mol. The van der Waals surface area contributed by atoms with Gasteiger partial charge in [-0.3, -0.25) is 0 Å². The zero-order valence-electron chi connectivity index (χ0n) is 10.3. The van der Waals surface area contributed by atoms with E-state index >= 15 is 0 Å². The van der Waals surface area contributed by atoms with Crippen LogP contribution >= 0.6 is 0 Å². The van der Waals surface area contributed by atoms with Crippen molar-refractivity contribution in [1.82, 2.24) is 0 Å². The monoisotopic (exact) mass is 221 g/mol. The molecule has 0 aromatic heterocycles. The fraction of sp³-hybridized carbons (Fsp3) is 0.462. The molecular weight excluding hydrogens is 202 g/mol. The molecule has 0 radical (unpaired) electrons. The number of rotatable bonds is 4. The summed E-state index contributed by atoms with van der Waals surface area (Å²) >= 11 is 0. The standard InChI is InChI=1S/C13H19NO2/c1-9(2)10(3)14-12-7-5-11(6-8-12)13(15)16-4/h5-10,14H,1-4H3. The molecule has 3 nitrogen and oxygen atoms in total. The van der Waals surface area contributed by atoms with Crippen molar-refractivity contribution in [3.63, 3.8) is 0 Å². The SMILES string of the molecule is COC(=O)c1ccc(NC(C)C(C)C)cc1. The fourth-order valence-corrected chi connectivity index (χ4v) is 1.25. The summed E-state index contributed by atoms with van der Waals surface area (Å²) in [5.41, 5.74) is 1.60. The summed E-state index contributed by atoms with van der Waals surface area (Å²) in [5.74, 6) is 0.267. The zero-order chi connectivity index (χ0) is 12.1. The number of esters is 1. The summed E-state index contributed by atoms with van der Waals surface area (Å²) in [6.07, 6.45) is 0. The fourth-order valence-electron chi connectivity index (χ4n) is 1.25. The van der Waals surface area contributed by atoms with Gasteiger partial charge in [-0.2, -0.15) is 0 Å². The van der Waals surface area contributed by atoms with E-state index in [-0.39, 0.29) is 5.97 Å². The number of carbonyl (C=O) groups is 1. The molecule has 1 aromatic carbocycles. The Morgan fingerprint density at radius 2 is 1.75 bits per heavy atom. The average Bonchev–Trinajstić information content (AvgIpc) is 2.28. The van der Waals surface area contributed by atoms with Gasteiger partial charge in [0.15, 0.2) is 0 Å². The summed E-state index contributed by atoms with van der Waals surface area (Å²) < 4.78 is 4.64. The van der Waals surface area contributed by atoms with E-state index in [1.807, 2.05) is 12.1 Å². The molecule has 0 saturated heterocycles. The topological polar surface area (TPSA) is 38.3 Å². The number of carbonyl (C=O) groups excluding carboxylic acids is 1. The molecule has 3 heteroatoms.